The minimum atomic E-state index is -4.46. The lowest BCUT2D eigenvalue weighted by Crippen LogP contribution is -2.52. The lowest BCUT2D eigenvalue weighted by Gasteiger charge is -2.27. The molecule has 2 rings (SSSR count). The topological polar surface area (TPSA) is 50.4 Å². The van der Waals surface area contributed by atoms with Gasteiger partial charge in [-0.15, -0.1) is 0 Å². The van der Waals surface area contributed by atoms with Crippen LogP contribution in [0.2, 0.25) is 0 Å². The van der Waals surface area contributed by atoms with Gasteiger partial charge in [0.1, 0.15) is 11.9 Å². The van der Waals surface area contributed by atoms with Crippen molar-refractivity contribution < 1.29 is 22.7 Å². The highest BCUT2D eigenvalue weighted by molar-refractivity contribution is 5.80. The fourth-order valence-electron chi connectivity index (χ4n) is 2.09. The van der Waals surface area contributed by atoms with Crippen LogP contribution in [0.4, 0.5) is 13.2 Å². The molecule has 1 heterocycles. The van der Waals surface area contributed by atoms with E-state index in [-0.39, 0.29) is 24.1 Å². The van der Waals surface area contributed by atoms with Crippen LogP contribution >= 0.6 is 0 Å². The van der Waals surface area contributed by atoms with E-state index < -0.39 is 17.8 Å². The molecule has 0 spiro atoms. The molecule has 0 radical (unpaired) electrons. The Balaban J connectivity index is 1.96. The number of carbonyl (C=O) groups is 1. The number of hydrogen-bond acceptors (Lipinski definition) is 3. The second-order valence-electron chi connectivity index (χ2n) is 5.24. The zero-order valence-corrected chi connectivity index (χ0v) is 12.2. The molecule has 7 heteroatoms. The van der Waals surface area contributed by atoms with Gasteiger partial charge in [-0.25, -0.2) is 0 Å². The number of para-hydroxylation sites is 1. The molecule has 1 aromatic carbocycles. The Morgan fingerprint density at radius 3 is 2.64 bits per heavy atom. The van der Waals surface area contributed by atoms with Crippen molar-refractivity contribution >= 4 is 5.91 Å². The summed E-state index contributed by atoms with van der Waals surface area (Å²) in [6.45, 7) is 3.27. The molecule has 1 aromatic rings. The summed E-state index contributed by atoms with van der Waals surface area (Å²) in [5.74, 6) is -0.355. The van der Waals surface area contributed by atoms with Crippen molar-refractivity contribution in [3.05, 3.63) is 29.8 Å². The predicted octanol–water partition coefficient (Wildman–Crippen LogP) is 2.20. The maximum Gasteiger partial charge on any atom is 0.419 e. The second kappa shape index (κ2) is 7.00. The molecule has 0 saturated carbocycles. The third-order valence-corrected chi connectivity index (χ3v) is 3.60. The summed E-state index contributed by atoms with van der Waals surface area (Å²) in [6, 6.07) is 5.10. The molecule has 1 atom stereocenters. The van der Waals surface area contributed by atoms with Gasteiger partial charge in [-0.1, -0.05) is 19.1 Å². The first kappa shape index (κ1) is 16.6. The van der Waals surface area contributed by atoms with E-state index in [1.165, 1.54) is 18.2 Å². The number of benzene rings is 1. The number of amides is 1. The molecule has 1 amide bonds. The van der Waals surface area contributed by atoms with Crippen molar-refractivity contribution in [3.8, 4) is 5.75 Å². The maximum absolute atomic E-state index is 12.9. The molecule has 4 nitrogen and oxygen atoms in total. The average Bonchev–Trinajstić information content (AvgIpc) is 2.40. The molecule has 0 aliphatic carbocycles. The zero-order valence-electron chi connectivity index (χ0n) is 12.2. The van der Waals surface area contributed by atoms with E-state index in [4.69, 9.17) is 4.74 Å². The van der Waals surface area contributed by atoms with Crippen LogP contribution in [0.25, 0.3) is 0 Å². The number of alkyl halides is 3. The number of halogens is 3. The monoisotopic (exact) mass is 316 g/mol. The van der Waals surface area contributed by atoms with Gasteiger partial charge in [0.15, 0.2) is 0 Å². The molecular formula is C15H19F3N2O2. The first-order valence-electron chi connectivity index (χ1n) is 7.23. The molecule has 1 aliphatic rings. The maximum atomic E-state index is 12.9. The minimum Gasteiger partial charge on any atom is -0.488 e. The molecule has 22 heavy (non-hydrogen) atoms. The van der Waals surface area contributed by atoms with E-state index in [2.05, 4.69) is 10.6 Å². The van der Waals surface area contributed by atoms with E-state index in [1.807, 2.05) is 0 Å². The largest absolute Gasteiger partial charge is 0.488 e. The van der Waals surface area contributed by atoms with Gasteiger partial charge in [-0.3, -0.25) is 4.79 Å². The molecular weight excluding hydrogens is 297 g/mol. The smallest absolute Gasteiger partial charge is 0.419 e. The lowest BCUT2D eigenvalue weighted by molar-refractivity contribution is -0.139. The van der Waals surface area contributed by atoms with Crippen LogP contribution in [0.3, 0.4) is 0 Å². The number of nitrogens with one attached hydrogen (secondary N) is 2. The Morgan fingerprint density at radius 2 is 2.09 bits per heavy atom. The van der Waals surface area contributed by atoms with Gasteiger partial charge in [-0.2, -0.15) is 13.2 Å². The number of carbonyl (C=O) groups excluding carboxylic acids is 1. The van der Waals surface area contributed by atoms with Crippen LogP contribution in [0.15, 0.2) is 24.3 Å². The fourth-order valence-corrected chi connectivity index (χ4v) is 2.09. The summed E-state index contributed by atoms with van der Waals surface area (Å²) < 4.78 is 44.2. The van der Waals surface area contributed by atoms with E-state index in [0.29, 0.717) is 19.5 Å². The highest BCUT2D eigenvalue weighted by Crippen LogP contribution is 2.36. The molecule has 122 valence electrons. The van der Waals surface area contributed by atoms with Gasteiger partial charge in [0.2, 0.25) is 5.91 Å². The molecule has 1 fully saturated rings. The van der Waals surface area contributed by atoms with E-state index >= 15 is 0 Å². The summed E-state index contributed by atoms with van der Waals surface area (Å²) in [5.41, 5.74) is -0.803. The Hall–Kier alpha value is -1.76. The molecule has 1 saturated heterocycles. The quantitative estimate of drug-likeness (QED) is 0.846. The Morgan fingerprint density at radius 1 is 1.41 bits per heavy atom. The van der Waals surface area contributed by atoms with Crippen molar-refractivity contribution in [2.24, 2.45) is 5.92 Å². The highest BCUT2D eigenvalue weighted by atomic mass is 19.4. The summed E-state index contributed by atoms with van der Waals surface area (Å²) in [4.78, 5) is 11.7. The normalized spacial score (nSPS) is 16.7. The highest BCUT2D eigenvalue weighted by Gasteiger charge is 2.34. The lowest BCUT2D eigenvalue weighted by atomic mass is 10.0. The van der Waals surface area contributed by atoms with Crippen LogP contribution in [0.1, 0.15) is 18.9 Å². The van der Waals surface area contributed by atoms with Gasteiger partial charge in [-0.05, 0) is 18.6 Å². The summed E-state index contributed by atoms with van der Waals surface area (Å²) in [7, 11) is 0. The summed E-state index contributed by atoms with van der Waals surface area (Å²) in [6.07, 6.45) is -4.47. The van der Waals surface area contributed by atoms with Gasteiger partial charge < -0.3 is 15.4 Å². The van der Waals surface area contributed by atoms with E-state index in [1.54, 1.807) is 6.92 Å². The minimum absolute atomic E-state index is 0.0556. The molecule has 1 unspecified atom stereocenters. The van der Waals surface area contributed by atoms with Gasteiger partial charge in [0, 0.05) is 13.1 Å². The SMILES string of the molecule is CCC(CNC(=O)C1CNC1)Oc1ccccc1C(F)(F)F. The van der Waals surface area contributed by atoms with E-state index in [0.717, 1.165) is 6.07 Å². The van der Waals surface area contributed by atoms with Gasteiger partial charge in [0.25, 0.3) is 0 Å². The zero-order chi connectivity index (χ0) is 16.2. The molecule has 0 aromatic heterocycles. The third kappa shape index (κ3) is 4.13. The summed E-state index contributed by atoms with van der Waals surface area (Å²) >= 11 is 0. The van der Waals surface area contributed by atoms with Crippen LogP contribution < -0.4 is 15.4 Å². The first-order valence-corrected chi connectivity index (χ1v) is 7.23. The average molecular weight is 316 g/mol. The standard InChI is InChI=1S/C15H19F3N2O2/c1-2-11(9-20-14(21)10-7-19-8-10)22-13-6-4-3-5-12(13)15(16,17)18/h3-6,10-11,19H,2,7-9H2,1H3,(H,20,21). The Kier molecular flexibility index (Phi) is 5.28. The fraction of sp³-hybridized carbons (Fsp3) is 0.533. The predicted molar refractivity (Wildman–Crippen MR) is 75.5 cm³/mol. The molecule has 2 N–H and O–H groups in total. The van der Waals surface area contributed by atoms with Crippen LogP contribution in [0, 0.1) is 5.92 Å². The molecule has 1 aliphatic heterocycles. The van der Waals surface area contributed by atoms with Crippen molar-refractivity contribution in [1.82, 2.24) is 10.6 Å². The van der Waals surface area contributed by atoms with Crippen LogP contribution in [0.5, 0.6) is 5.75 Å². The number of rotatable bonds is 6. The third-order valence-electron chi connectivity index (χ3n) is 3.60. The summed E-state index contributed by atoms with van der Waals surface area (Å²) in [5, 5.41) is 5.72. The van der Waals surface area contributed by atoms with Crippen molar-refractivity contribution in [1.29, 1.82) is 0 Å². The molecule has 0 bridgehead atoms. The van der Waals surface area contributed by atoms with E-state index in [9.17, 15) is 18.0 Å². The number of hydrogen-bond donors (Lipinski definition) is 2. The first-order chi connectivity index (χ1) is 10.4. The van der Waals surface area contributed by atoms with Gasteiger partial charge >= 0.3 is 6.18 Å². The second-order valence-corrected chi connectivity index (χ2v) is 5.24. The van der Waals surface area contributed by atoms with Crippen molar-refractivity contribution in [2.75, 3.05) is 19.6 Å². The van der Waals surface area contributed by atoms with Gasteiger partial charge in [0.05, 0.1) is 18.0 Å². The van der Waals surface area contributed by atoms with Crippen LogP contribution in [-0.2, 0) is 11.0 Å². The Bertz CT molecular complexity index is 516. The van der Waals surface area contributed by atoms with Crippen molar-refractivity contribution in [3.63, 3.8) is 0 Å². The van der Waals surface area contributed by atoms with Crippen molar-refractivity contribution in [2.45, 2.75) is 25.6 Å². The van der Waals surface area contributed by atoms with Crippen LogP contribution in [-0.4, -0.2) is 31.6 Å². The Labute approximate surface area is 127 Å². The number of ether oxygens (including phenoxy) is 1.